The molecular weight excluding hydrogens is 360 g/mol. The molecule has 0 atom stereocenters. The molecule has 2 aromatic carbocycles. The lowest BCUT2D eigenvalue weighted by molar-refractivity contribution is 0.102. The largest absolute Gasteiger partial charge is 0.493 e. The molecule has 0 aliphatic rings. The molecule has 0 aliphatic carbocycles. The van der Waals surface area contributed by atoms with Crippen molar-refractivity contribution in [3.8, 4) is 11.5 Å². The smallest absolute Gasteiger partial charge is 0.257 e. The number of hydrogen-bond acceptors (Lipinski definition) is 5. The minimum atomic E-state index is -0.304. The van der Waals surface area contributed by atoms with Crippen LogP contribution < -0.4 is 14.8 Å². The second kappa shape index (κ2) is 7.72. The van der Waals surface area contributed by atoms with Gasteiger partial charge in [-0.3, -0.25) is 10.1 Å². The number of carbonyl (C=O) groups excluding carboxylic acids is 1. The zero-order valence-electron chi connectivity index (χ0n) is 13.8. The van der Waals surface area contributed by atoms with Gasteiger partial charge < -0.3 is 9.47 Å². The Morgan fingerprint density at radius 2 is 2.12 bits per heavy atom. The molecular formula is C18H17ClN2O3S. The summed E-state index contributed by atoms with van der Waals surface area (Å²) < 4.78 is 11.9. The minimum Gasteiger partial charge on any atom is -0.493 e. The molecule has 5 nitrogen and oxygen atoms in total. The fourth-order valence-corrected chi connectivity index (χ4v) is 3.42. The average molecular weight is 377 g/mol. The van der Waals surface area contributed by atoms with Crippen LogP contribution in [0.15, 0.2) is 36.4 Å². The molecule has 0 saturated heterocycles. The zero-order valence-corrected chi connectivity index (χ0v) is 15.4. The van der Waals surface area contributed by atoms with Gasteiger partial charge in [-0.2, -0.15) is 0 Å². The topological polar surface area (TPSA) is 60.5 Å². The van der Waals surface area contributed by atoms with E-state index in [1.807, 2.05) is 31.2 Å². The highest BCUT2D eigenvalue weighted by Gasteiger charge is 2.17. The van der Waals surface area contributed by atoms with Gasteiger partial charge in [0.15, 0.2) is 16.6 Å². The number of anilines is 1. The number of methoxy groups -OCH3 is 1. The Balaban J connectivity index is 1.85. The van der Waals surface area contributed by atoms with Crippen molar-refractivity contribution in [3.63, 3.8) is 0 Å². The number of halogens is 1. The summed E-state index contributed by atoms with van der Waals surface area (Å²) in [6.45, 7) is 2.52. The summed E-state index contributed by atoms with van der Waals surface area (Å²) in [7, 11) is 1.51. The Bertz CT molecular complexity index is 877. The van der Waals surface area contributed by atoms with Gasteiger partial charge in [-0.15, -0.1) is 0 Å². The van der Waals surface area contributed by atoms with Gasteiger partial charge in [0.05, 0.1) is 29.0 Å². The van der Waals surface area contributed by atoms with E-state index in [0.29, 0.717) is 33.8 Å². The zero-order chi connectivity index (χ0) is 17.8. The maximum Gasteiger partial charge on any atom is 0.257 e. The molecule has 0 unspecified atom stereocenters. The van der Waals surface area contributed by atoms with Crippen LogP contribution in [-0.2, 0) is 0 Å². The van der Waals surface area contributed by atoms with Crippen LogP contribution >= 0.6 is 22.9 Å². The van der Waals surface area contributed by atoms with Crippen molar-refractivity contribution in [1.82, 2.24) is 4.98 Å². The number of amides is 1. The second-order valence-corrected chi connectivity index (χ2v) is 6.72. The lowest BCUT2D eigenvalue weighted by Crippen LogP contribution is -2.12. The number of nitrogens with zero attached hydrogens (tertiary/aromatic N) is 1. The number of thiazole rings is 1. The third-order valence-electron chi connectivity index (χ3n) is 3.46. The van der Waals surface area contributed by atoms with Crippen molar-refractivity contribution in [1.29, 1.82) is 0 Å². The second-order valence-electron chi connectivity index (χ2n) is 5.28. The number of fused-ring (bicyclic) bond motifs is 1. The standard InChI is InChI=1S/C18H17ClN2O3S/c1-3-8-24-16-12(19)9-11(10-14(16)23-2)17(22)21-18-20-13-6-4-5-7-15(13)25-18/h4-7,9-10H,3,8H2,1-2H3,(H,20,21,22). The quantitative estimate of drug-likeness (QED) is 0.657. The Labute approximate surface area is 154 Å². The van der Waals surface area contributed by atoms with Crippen molar-refractivity contribution >= 4 is 44.2 Å². The average Bonchev–Trinajstić information content (AvgIpc) is 3.02. The summed E-state index contributed by atoms with van der Waals surface area (Å²) in [6, 6.07) is 10.9. The first-order valence-electron chi connectivity index (χ1n) is 7.79. The molecule has 1 N–H and O–H groups in total. The summed E-state index contributed by atoms with van der Waals surface area (Å²) in [6.07, 6.45) is 0.847. The van der Waals surface area contributed by atoms with Gasteiger partial charge in [0.2, 0.25) is 0 Å². The lowest BCUT2D eigenvalue weighted by Gasteiger charge is -2.13. The molecule has 0 saturated carbocycles. The van der Waals surface area contributed by atoms with Crippen molar-refractivity contribution in [2.24, 2.45) is 0 Å². The number of hydrogen-bond donors (Lipinski definition) is 1. The summed E-state index contributed by atoms with van der Waals surface area (Å²) in [4.78, 5) is 16.9. The Morgan fingerprint density at radius 1 is 1.32 bits per heavy atom. The molecule has 1 amide bonds. The van der Waals surface area contributed by atoms with Gasteiger partial charge >= 0.3 is 0 Å². The number of benzene rings is 2. The fourth-order valence-electron chi connectivity index (χ4n) is 2.29. The van der Waals surface area contributed by atoms with Gasteiger partial charge in [0.25, 0.3) is 5.91 Å². The first-order valence-corrected chi connectivity index (χ1v) is 8.99. The maximum absolute atomic E-state index is 12.5. The van der Waals surface area contributed by atoms with Gasteiger partial charge in [0.1, 0.15) is 0 Å². The summed E-state index contributed by atoms with van der Waals surface area (Å²) in [5.41, 5.74) is 1.23. The van der Waals surface area contributed by atoms with Crippen LogP contribution in [0.5, 0.6) is 11.5 Å². The first kappa shape index (κ1) is 17.5. The first-order chi connectivity index (χ1) is 12.1. The van der Waals surface area contributed by atoms with E-state index < -0.39 is 0 Å². The van der Waals surface area contributed by atoms with E-state index in [1.165, 1.54) is 18.4 Å². The van der Waals surface area contributed by atoms with Gasteiger partial charge in [-0.05, 0) is 30.7 Å². The highest BCUT2D eigenvalue weighted by molar-refractivity contribution is 7.22. The molecule has 0 aliphatic heterocycles. The van der Waals surface area contributed by atoms with Gasteiger partial charge in [-0.1, -0.05) is 42.0 Å². The summed E-state index contributed by atoms with van der Waals surface area (Å²) in [5, 5.41) is 3.67. The monoisotopic (exact) mass is 376 g/mol. The molecule has 130 valence electrons. The molecule has 7 heteroatoms. The van der Waals surface area contributed by atoms with E-state index in [1.54, 1.807) is 12.1 Å². The SMILES string of the molecule is CCCOc1c(Cl)cc(C(=O)Nc2nc3ccccc3s2)cc1OC. The Hall–Kier alpha value is -2.31. The normalized spacial score (nSPS) is 10.7. The van der Waals surface area contributed by atoms with Crippen molar-refractivity contribution < 1.29 is 14.3 Å². The minimum absolute atomic E-state index is 0.304. The van der Waals surface area contributed by atoms with Crippen molar-refractivity contribution in [2.45, 2.75) is 13.3 Å². The highest BCUT2D eigenvalue weighted by atomic mass is 35.5. The van der Waals surface area contributed by atoms with Crippen LogP contribution in [0.25, 0.3) is 10.2 Å². The number of ether oxygens (including phenoxy) is 2. The molecule has 1 heterocycles. The number of nitrogens with one attached hydrogen (secondary N) is 1. The van der Waals surface area contributed by atoms with Crippen LogP contribution in [0, 0.1) is 0 Å². The van der Waals surface area contributed by atoms with Crippen molar-refractivity contribution in [3.05, 3.63) is 47.0 Å². The molecule has 0 spiro atoms. The third-order valence-corrected chi connectivity index (χ3v) is 4.69. The number of carbonyl (C=O) groups is 1. The van der Waals surface area contributed by atoms with Crippen LogP contribution in [0.1, 0.15) is 23.7 Å². The van der Waals surface area contributed by atoms with E-state index in [4.69, 9.17) is 21.1 Å². The maximum atomic E-state index is 12.5. The van der Waals surface area contributed by atoms with E-state index in [-0.39, 0.29) is 5.91 Å². The molecule has 25 heavy (non-hydrogen) atoms. The summed E-state index contributed by atoms with van der Waals surface area (Å²) in [5.74, 6) is 0.569. The van der Waals surface area contributed by atoms with Crippen LogP contribution in [0.3, 0.4) is 0 Å². The Kier molecular flexibility index (Phi) is 5.40. The predicted octanol–water partition coefficient (Wildman–Crippen LogP) is 5.00. The van der Waals surface area contributed by atoms with E-state index >= 15 is 0 Å². The molecule has 0 radical (unpaired) electrons. The van der Waals surface area contributed by atoms with Crippen LogP contribution in [-0.4, -0.2) is 24.6 Å². The Morgan fingerprint density at radius 3 is 2.84 bits per heavy atom. The summed E-state index contributed by atoms with van der Waals surface area (Å²) >= 11 is 7.68. The predicted molar refractivity (Wildman–Crippen MR) is 101 cm³/mol. The third kappa shape index (κ3) is 3.86. The molecule has 1 aromatic heterocycles. The molecule has 0 fully saturated rings. The van der Waals surface area contributed by atoms with Crippen molar-refractivity contribution in [2.75, 3.05) is 19.0 Å². The molecule has 3 aromatic rings. The van der Waals surface area contributed by atoms with E-state index in [0.717, 1.165) is 16.6 Å². The molecule has 0 bridgehead atoms. The van der Waals surface area contributed by atoms with Crippen LogP contribution in [0.4, 0.5) is 5.13 Å². The van der Waals surface area contributed by atoms with Gasteiger partial charge in [0, 0.05) is 5.56 Å². The van der Waals surface area contributed by atoms with Gasteiger partial charge in [-0.25, -0.2) is 4.98 Å². The number of rotatable bonds is 6. The molecule has 3 rings (SSSR count). The van der Waals surface area contributed by atoms with Crippen LogP contribution in [0.2, 0.25) is 5.02 Å². The number of para-hydroxylation sites is 1. The lowest BCUT2D eigenvalue weighted by atomic mass is 10.2. The fraction of sp³-hybridized carbons (Fsp3) is 0.222. The number of aromatic nitrogens is 1. The highest BCUT2D eigenvalue weighted by Crippen LogP contribution is 2.37. The van der Waals surface area contributed by atoms with E-state index in [2.05, 4.69) is 10.3 Å². The van der Waals surface area contributed by atoms with E-state index in [9.17, 15) is 4.79 Å².